The molecule has 2 saturated heterocycles. The van der Waals surface area contributed by atoms with Gasteiger partial charge in [0.25, 0.3) is 0 Å². The van der Waals surface area contributed by atoms with Crippen LogP contribution in [0.3, 0.4) is 0 Å². The predicted octanol–water partition coefficient (Wildman–Crippen LogP) is 1.72. The molecule has 2 unspecified atom stereocenters. The SMILES string of the molecule is CCCCC(c1nnnn1CC1CCCO1)N1CCN(CC)CC1. The summed E-state index contributed by atoms with van der Waals surface area (Å²) >= 11 is 0. The Morgan fingerprint density at radius 1 is 1.21 bits per heavy atom. The minimum absolute atomic E-state index is 0.274. The molecule has 1 aromatic rings. The zero-order valence-corrected chi connectivity index (χ0v) is 15.2. The zero-order chi connectivity index (χ0) is 16.8. The van der Waals surface area contributed by atoms with Gasteiger partial charge in [0, 0.05) is 32.8 Å². The van der Waals surface area contributed by atoms with Gasteiger partial charge in [-0.15, -0.1) is 5.10 Å². The average Bonchev–Trinajstić information content (AvgIpc) is 3.29. The lowest BCUT2D eigenvalue weighted by Gasteiger charge is -2.38. The van der Waals surface area contributed by atoms with Crippen molar-refractivity contribution in [2.24, 2.45) is 0 Å². The number of ether oxygens (including phenoxy) is 1. The maximum absolute atomic E-state index is 5.78. The second kappa shape index (κ2) is 8.87. The molecular formula is C17H32N6O. The van der Waals surface area contributed by atoms with Crippen LogP contribution in [0.5, 0.6) is 0 Å². The number of tetrazole rings is 1. The molecule has 0 amide bonds. The summed E-state index contributed by atoms with van der Waals surface area (Å²) in [4.78, 5) is 5.10. The van der Waals surface area contributed by atoms with Crippen LogP contribution in [0.1, 0.15) is 57.8 Å². The molecule has 3 heterocycles. The topological polar surface area (TPSA) is 59.3 Å². The monoisotopic (exact) mass is 336 g/mol. The quantitative estimate of drug-likeness (QED) is 0.720. The van der Waals surface area contributed by atoms with E-state index in [1.54, 1.807) is 0 Å². The molecule has 2 fully saturated rings. The van der Waals surface area contributed by atoms with Crippen LogP contribution < -0.4 is 0 Å². The van der Waals surface area contributed by atoms with Gasteiger partial charge in [-0.25, -0.2) is 4.68 Å². The number of likely N-dealkylation sites (N-methyl/N-ethyl adjacent to an activating group) is 1. The van der Waals surface area contributed by atoms with E-state index < -0.39 is 0 Å². The molecule has 0 aliphatic carbocycles. The summed E-state index contributed by atoms with van der Waals surface area (Å²) in [5.41, 5.74) is 0. The van der Waals surface area contributed by atoms with Gasteiger partial charge in [0.2, 0.25) is 0 Å². The van der Waals surface area contributed by atoms with Gasteiger partial charge >= 0.3 is 0 Å². The van der Waals surface area contributed by atoms with Crippen molar-refractivity contribution in [3.8, 4) is 0 Å². The first-order valence-corrected chi connectivity index (χ1v) is 9.65. The standard InChI is InChI=1S/C17H32N6O/c1-3-5-8-16(22-11-9-21(4-2)10-12-22)17-18-19-20-23(17)14-15-7-6-13-24-15/h15-16H,3-14H2,1-2H3. The lowest BCUT2D eigenvalue weighted by Crippen LogP contribution is -2.48. The molecule has 136 valence electrons. The Morgan fingerprint density at radius 3 is 2.71 bits per heavy atom. The summed E-state index contributed by atoms with van der Waals surface area (Å²) in [7, 11) is 0. The highest BCUT2D eigenvalue weighted by Crippen LogP contribution is 2.26. The first-order chi connectivity index (χ1) is 11.8. The van der Waals surface area contributed by atoms with Crippen LogP contribution in [-0.2, 0) is 11.3 Å². The molecule has 2 atom stereocenters. The number of aromatic nitrogens is 4. The van der Waals surface area contributed by atoms with E-state index in [2.05, 4.69) is 39.2 Å². The Morgan fingerprint density at radius 2 is 2.04 bits per heavy atom. The van der Waals surface area contributed by atoms with Gasteiger partial charge in [-0.2, -0.15) is 0 Å². The summed E-state index contributed by atoms with van der Waals surface area (Å²) in [6, 6.07) is 0.334. The Hall–Kier alpha value is -1.05. The fraction of sp³-hybridized carbons (Fsp3) is 0.941. The van der Waals surface area contributed by atoms with Crippen LogP contribution in [0, 0.1) is 0 Å². The number of nitrogens with zero attached hydrogens (tertiary/aromatic N) is 6. The van der Waals surface area contributed by atoms with Crippen molar-refractivity contribution in [2.75, 3.05) is 39.3 Å². The van der Waals surface area contributed by atoms with E-state index in [9.17, 15) is 0 Å². The Bertz CT molecular complexity index is 479. The molecule has 7 nitrogen and oxygen atoms in total. The third-order valence-corrected chi connectivity index (χ3v) is 5.38. The van der Waals surface area contributed by atoms with Gasteiger partial charge in [-0.3, -0.25) is 4.90 Å². The molecule has 0 radical (unpaired) electrons. The van der Waals surface area contributed by atoms with Crippen LogP contribution in [0.15, 0.2) is 0 Å². The van der Waals surface area contributed by atoms with Crippen LogP contribution >= 0.6 is 0 Å². The predicted molar refractivity (Wildman–Crippen MR) is 92.7 cm³/mol. The minimum atomic E-state index is 0.274. The smallest absolute Gasteiger partial charge is 0.168 e. The molecule has 0 aromatic carbocycles. The lowest BCUT2D eigenvalue weighted by molar-refractivity contribution is 0.0770. The van der Waals surface area contributed by atoms with Crippen molar-refractivity contribution < 1.29 is 4.74 Å². The highest BCUT2D eigenvalue weighted by atomic mass is 16.5. The fourth-order valence-electron chi connectivity index (χ4n) is 3.83. The van der Waals surface area contributed by atoms with E-state index in [1.165, 1.54) is 12.8 Å². The van der Waals surface area contributed by atoms with Crippen molar-refractivity contribution in [1.82, 2.24) is 30.0 Å². The zero-order valence-electron chi connectivity index (χ0n) is 15.2. The van der Waals surface area contributed by atoms with Crippen molar-refractivity contribution in [3.63, 3.8) is 0 Å². The van der Waals surface area contributed by atoms with Crippen molar-refractivity contribution in [3.05, 3.63) is 5.82 Å². The molecule has 3 rings (SSSR count). The number of piperazine rings is 1. The first kappa shape index (κ1) is 17.8. The molecule has 0 spiro atoms. The number of hydrogen-bond acceptors (Lipinski definition) is 6. The molecular weight excluding hydrogens is 304 g/mol. The van der Waals surface area contributed by atoms with Crippen molar-refractivity contribution in [2.45, 2.75) is 64.6 Å². The van der Waals surface area contributed by atoms with Gasteiger partial charge < -0.3 is 9.64 Å². The molecule has 0 N–H and O–H groups in total. The van der Waals surface area contributed by atoms with E-state index in [0.717, 1.165) is 71.0 Å². The van der Waals surface area contributed by atoms with E-state index >= 15 is 0 Å². The molecule has 2 aliphatic heterocycles. The summed E-state index contributed by atoms with van der Waals surface area (Å²) in [5, 5.41) is 12.7. The van der Waals surface area contributed by atoms with E-state index in [-0.39, 0.29) is 6.10 Å². The number of hydrogen-bond donors (Lipinski definition) is 0. The summed E-state index contributed by atoms with van der Waals surface area (Å²) in [5.74, 6) is 1.03. The van der Waals surface area contributed by atoms with Crippen LogP contribution in [0.4, 0.5) is 0 Å². The Labute approximate surface area is 145 Å². The summed E-state index contributed by atoms with van der Waals surface area (Å²) in [6.45, 7) is 11.8. The second-order valence-corrected chi connectivity index (χ2v) is 6.98. The molecule has 2 aliphatic rings. The van der Waals surface area contributed by atoms with Crippen LogP contribution in [0.25, 0.3) is 0 Å². The first-order valence-electron chi connectivity index (χ1n) is 9.65. The van der Waals surface area contributed by atoms with Crippen molar-refractivity contribution >= 4 is 0 Å². The van der Waals surface area contributed by atoms with E-state index in [1.807, 2.05) is 4.68 Å². The number of rotatable bonds is 8. The average molecular weight is 336 g/mol. The van der Waals surface area contributed by atoms with Gasteiger partial charge in [-0.1, -0.05) is 26.7 Å². The minimum Gasteiger partial charge on any atom is -0.376 e. The van der Waals surface area contributed by atoms with Crippen molar-refractivity contribution in [1.29, 1.82) is 0 Å². The lowest BCUT2D eigenvalue weighted by atomic mass is 10.1. The third kappa shape index (κ3) is 4.32. The molecule has 7 heteroatoms. The number of unbranched alkanes of at least 4 members (excludes halogenated alkanes) is 1. The maximum Gasteiger partial charge on any atom is 0.168 e. The fourth-order valence-corrected chi connectivity index (χ4v) is 3.83. The van der Waals surface area contributed by atoms with Gasteiger partial charge in [0.05, 0.1) is 18.7 Å². The highest BCUT2D eigenvalue weighted by Gasteiger charge is 2.29. The molecule has 0 bridgehead atoms. The normalized spacial score (nSPS) is 24.5. The Kier molecular flexibility index (Phi) is 6.57. The van der Waals surface area contributed by atoms with E-state index in [4.69, 9.17) is 4.74 Å². The van der Waals surface area contributed by atoms with E-state index in [0.29, 0.717) is 6.04 Å². The molecule has 0 saturated carbocycles. The second-order valence-electron chi connectivity index (χ2n) is 6.98. The van der Waals surface area contributed by atoms with Crippen LogP contribution in [-0.4, -0.2) is 75.4 Å². The summed E-state index contributed by atoms with van der Waals surface area (Å²) in [6.07, 6.45) is 6.10. The third-order valence-electron chi connectivity index (χ3n) is 5.38. The maximum atomic E-state index is 5.78. The molecule has 1 aromatic heterocycles. The Balaban J connectivity index is 1.70. The largest absolute Gasteiger partial charge is 0.376 e. The van der Waals surface area contributed by atoms with Crippen LogP contribution in [0.2, 0.25) is 0 Å². The van der Waals surface area contributed by atoms with Gasteiger partial charge in [-0.05, 0) is 36.2 Å². The van der Waals surface area contributed by atoms with Gasteiger partial charge in [0.15, 0.2) is 5.82 Å². The van der Waals surface area contributed by atoms with Gasteiger partial charge in [0.1, 0.15) is 0 Å². The summed E-state index contributed by atoms with van der Waals surface area (Å²) < 4.78 is 7.78. The molecule has 24 heavy (non-hydrogen) atoms. The highest BCUT2D eigenvalue weighted by molar-refractivity contribution is 4.95.